The third kappa shape index (κ3) is 6.11. The maximum absolute atomic E-state index is 12.8. The van der Waals surface area contributed by atoms with Crippen LogP contribution >= 0.6 is 0 Å². The van der Waals surface area contributed by atoms with Crippen molar-refractivity contribution in [1.29, 1.82) is 0 Å². The summed E-state index contributed by atoms with van der Waals surface area (Å²) in [5.41, 5.74) is -0.612. The molecule has 2 rings (SSSR count). The molecule has 0 saturated carbocycles. The normalized spacial score (nSPS) is 15.7. The fourth-order valence-corrected chi connectivity index (χ4v) is 2.36. The lowest BCUT2D eigenvalue weighted by molar-refractivity contribution is -0.144. The van der Waals surface area contributed by atoms with Gasteiger partial charge in [0.15, 0.2) is 6.10 Å². The lowest BCUT2D eigenvalue weighted by Gasteiger charge is -2.24. The number of pyridine rings is 1. The molecular formula is C18H20F3N3O6. The van der Waals surface area contributed by atoms with E-state index in [1.54, 1.807) is 0 Å². The van der Waals surface area contributed by atoms with Crippen LogP contribution in [0.1, 0.15) is 5.56 Å². The summed E-state index contributed by atoms with van der Waals surface area (Å²) >= 11 is 0. The Morgan fingerprint density at radius 3 is 2.30 bits per heavy atom. The SMILES string of the molecule is O=C(Nc1ccc(Nc2cccc(C(F)(F)F)c2)nc1)C(O)C(O)C(O)C(O)CO. The van der Waals surface area contributed by atoms with E-state index in [1.165, 1.54) is 24.3 Å². The van der Waals surface area contributed by atoms with E-state index in [0.717, 1.165) is 18.3 Å². The third-order valence-electron chi connectivity index (χ3n) is 4.02. The largest absolute Gasteiger partial charge is 0.416 e. The second-order valence-corrected chi connectivity index (χ2v) is 6.30. The van der Waals surface area contributed by atoms with Gasteiger partial charge in [-0.1, -0.05) is 6.07 Å². The van der Waals surface area contributed by atoms with Crippen LogP contribution in [0.25, 0.3) is 0 Å². The van der Waals surface area contributed by atoms with Crippen LogP contribution in [0.2, 0.25) is 0 Å². The van der Waals surface area contributed by atoms with E-state index in [0.29, 0.717) is 0 Å². The van der Waals surface area contributed by atoms with Gasteiger partial charge in [0.25, 0.3) is 5.91 Å². The smallest absolute Gasteiger partial charge is 0.394 e. The maximum Gasteiger partial charge on any atom is 0.416 e. The molecule has 2 aromatic rings. The van der Waals surface area contributed by atoms with E-state index in [2.05, 4.69) is 15.6 Å². The lowest BCUT2D eigenvalue weighted by atomic mass is 10.0. The summed E-state index contributed by atoms with van der Waals surface area (Å²) in [5.74, 6) is -0.943. The second kappa shape index (κ2) is 9.82. The first-order valence-electron chi connectivity index (χ1n) is 8.57. The van der Waals surface area contributed by atoms with Crippen LogP contribution in [0.4, 0.5) is 30.4 Å². The zero-order chi connectivity index (χ0) is 22.5. The van der Waals surface area contributed by atoms with Crippen LogP contribution in [0, 0.1) is 0 Å². The highest BCUT2D eigenvalue weighted by atomic mass is 19.4. The van der Waals surface area contributed by atoms with Gasteiger partial charge in [0.05, 0.1) is 24.1 Å². The number of carbonyl (C=O) groups excluding carboxylic acids is 1. The number of halogens is 3. The monoisotopic (exact) mass is 431 g/mol. The van der Waals surface area contributed by atoms with Gasteiger partial charge in [-0.15, -0.1) is 0 Å². The predicted molar refractivity (Wildman–Crippen MR) is 98.7 cm³/mol. The average molecular weight is 431 g/mol. The fraction of sp³-hybridized carbons (Fsp3) is 0.333. The molecule has 4 atom stereocenters. The highest BCUT2D eigenvalue weighted by Crippen LogP contribution is 2.31. The standard InChI is InChI=1S/C18H20F3N3O6/c19-18(20,21)9-2-1-3-10(6-9)23-13-5-4-11(7-22-13)24-17(30)16(29)15(28)14(27)12(26)8-25/h1-7,12,14-16,25-29H,8H2,(H,22,23)(H,24,30). The molecule has 0 radical (unpaired) electrons. The second-order valence-electron chi connectivity index (χ2n) is 6.30. The van der Waals surface area contributed by atoms with Crippen LogP contribution in [0.3, 0.4) is 0 Å². The molecule has 4 unspecified atom stereocenters. The average Bonchev–Trinajstić information content (AvgIpc) is 2.72. The van der Waals surface area contributed by atoms with Crippen LogP contribution in [-0.4, -0.2) is 67.4 Å². The van der Waals surface area contributed by atoms with Crippen molar-refractivity contribution < 1.29 is 43.5 Å². The zero-order valence-corrected chi connectivity index (χ0v) is 15.3. The quantitative estimate of drug-likeness (QED) is 0.313. The van der Waals surface area contributed by atoms with E-state index in [4.69, 9.17) is 5.11 Å². The minimum absolute atomic E-state index is 0.0815. The number of rotatable bonds is 8. The molecule has 12 heteroatoms. The summed E-state index contributed by atoms with van der Waals surface area (Å²) in [5, 5.41) is 51.8. The van der Waals surface area contributed by atoms with E-state index >= 15 is 0 Å². The Balaban J connectivity index is 2.00. The number of hydrogen-bond acceptors (Lipinski definition) is 8. The van der Waals surface area contributed by atoms with E-state index in [1.807, 2.05) is 0 Å². The molecule has 0 aliphatic heterocycles. The molecule has 0 aliphatic rings. The molecule has 1 aromatic heterocycles. The van der Waals surface area contributed by atoms with E-state index in [9.17, 15) is 38.4 Å². The van der Waals surface area contributed by atoms with Crippen molar-refractivity contribution in [2.75, 3.05) is 17.2 Å². The number of aliphatic hydroxyl groups excluding tert-OH is 5. The number of anilines is 3. The molecule has 164 valence electrons. The number of aliphatic hydroxyl groups is 5. The first-order valence-corrected chi connectivity index (χ1v) is 8.57. The highest BCUT2D eigenvalue weighted by molar-refractivity contribution is 5.94. The zero-order valence-electron chi connectivity index (χ0n) is 15.3. The minimum Gasteiger partial charge on any atom is -0.394 e. The van der Waals surface area contributed by atoms with Gasteiger partial charge in [0, 0.05) is 5.69 Å². The van der Waals surface area contributed by atoms with Crippen molar-refractivity contribution in [3.8, 4) is 0 Å². The molecular weight excluding hydrogens is 411 g/mol. The number of carbonyl (C=O) groups is 1. The number of hydrogen-bond donors (Lipinski definition) is 7. The Morgan fingerprint density at radius 2 is 1.73 bits per heavy atom. The first kappa shape index (κ1) is 23.5. The number of amides is 1. The van der Waals surface area contributed by atoms with Crippen molar-refractivity contribution in [1.82, 2.24) is 4.98 Å². The molecule has 0 spiro atoms. The van der Waals surface area contributed by atoms with Gasteiger partial charge >= 0.3 is 6.18 Å². The van der Waals surface area contributed by atoms with Crippen molar-refractivity contribution in [3.05, 3.63) is 48.2 Å². The Labute approximate surface area is 168 Å². The van der Waals surface area contributed by atoms with Crippen LogP contribution in [0.15, 0.2) is 42.6 Å². The molecule has 30 heavy (non-hydrogen) atoms. The maximum atomic E-state index is 12.8. The Kier molecular flexibility index (Phi) is 7.70. The van der Waals surface area contributed by atoms with Crippen molar-refractivity contribution in [2.45, 2.75) is 30.6 Å². The number of benzene rings is 1. The van der Waals surface area contributed by atoms with E-state index < -0.39 is 48.7 Å². The summed E-state index contributed by atoms with van der Waals surface area (Å²) < 4.78 is 38.3. The summed E-state index contributed by atoms with van der Waals surface area (Å²) in [6.45, 7) is -0.892. The summed E-state index contributed by atoms with van der Waals surface area (Å²) in [4.78, 5) is 15.9. The summed E-state index contributed by atoms with van der Waals surface area (Å²) in [7, 11) is 0. The lowest BCUT2D eigenvalue weighted by Crippen LogP contribution is -2.50. The molecule has 0 bridgehead atoms. The van der Waals surface area contributed by atoms with Gasteiger partial charge in [-0.2, -0.15) is 13.2 Å². The first-order chi connectivity index (χ1) is 14.0. The molecule has 1 aromatic carbocycles. The van der Waals surface area contributed by atoms with Crippen molar-refractivity contribution >= 4 is 23.1 Å². The fourth-order valence-electron chi connectivity index (χ4n) is 2.36. The molecule has 9 nitrogen and oxygen atoms in total. The molecule has 0 aliphatic carbocycles. The topological polar surface area (TPSA) is 155 Å². The molecule has 1 heterocycles. The number of nitrogens with one attached hydrogen (secondary N) is 2. The minimum atomic E-state index is -4.49. The molecule has 0 saturated heterocycles. The van der Waals surface area contributed by atoms with Crippen molar-refractivity contribution in [2.24, 2.45) is 0 Å². The highest BCUT2D eigenvalue weighted by Gasteiger charge is 2.34. The summed E-state index contributed by atoms with van der Waals surface area (Å²) in [6.07, 6.45) is -11.3. The van der Waals surface area contributed by atoms with Crippen LogP contribution < -0.4 is 10.6 Å². The number of alkyl halides is 3. The van der Waals surface area contributed by atoms with Gasteiger partial charge in [-0.3, -0.25) is 4.79 Å². The third-order valence-corrected chi connectivity index (χ3v) is 4.02. The van der Waals surface area contributed by atoms with Gasteiger partial charge in [-0.25, -0.2) is 4.98 Å². The van der Waals surface area contributed by atoms with Gasteiger partial charge in [0.2, 0.25) is 0 Å². The van der Waals surface area contributed by atoms with E-state index in [-0.39, 0.29) is 17.2 Å². The number of aromatic nitrogens is 1. The Morgan fingerprint density at radius 1 is 1.03 bits per heavy atom. The van der Waals surface area contributed by atoms with Gasteiger partial charge < -0.3 is 36.2 Å². The van der Waals surface area contributed by atoms with Gasteiger partial charge in [0.1, 0.15) is 24.1 Å². The summed E-state index contributed by atoms with van der Waals surface area (Å²) in [6, 6.07) is 7.15. The Bertz CT molecular complexity index is 850. The molecule has 7 N–H and O–H groups in total. The van der Waals surface area contributed by atoms with Crippen LogP contribution in [0.5, 0.6) is 0 Å². The predicted octanol–water partition coefficient (Wildman–Crippen LogP) is 0.218. The van der Waals surface area contributed by atoms with Crippen molar-refractivity contribution in [3.63, 3.8) is 0 Å². The molecule has 1 amide bonds. The van der Waals surface area contributed by atoms with Gasteiger partial charge in [-0.05, 0) is 30.3 Å². The molecule has 0 fully saturated rings. The van der Waals surface area contributed by atoms with Crippen LogP contribution in [-0.2, 0) is 11.0 Å². The Hall–Kier alpha value is -2.77. The number of nitrogens with zero attached hydrogens (tertiary/aromatic N) is 1.